The molecule has 212 valence electrons. The van der Waals surface area contributed by atoms with Gasteiger partial charge < -0.3 is 14.4 Å². The lowest BCUT2D eigenvalue weighted by Crippen LogP contribution is -2.31. The molecule has 0 aliphatic heterocycles. The van der Waals surface area contributed by atoms with E-state index in [2.05, 4.69) is 9.71 Å². The zero-order valence-electron chi connectivity index (χ0n) is 21.6. The van der Waals surface area contributed by atoms with Crippen LogP contribution < -0.4 is 14.9 Å². The molecule has 4 aromatic heterocycles. The number of pyridine rings is 1. The minimum absolute atomic E-state index is 0.0694. The van der Waals surface area contributed by atoms with Crippen LogP contribution in [-0.4, -0.2) is 40.6 Å². The minimum Gasteiger partial charge on any atom is -0.494 e. The quantitative estimate of drug-likeness (QED) is 0.243. The molecular formula is C27H23ClN4O6S3. The molecule has 2 aliphatic carbocycles. The fraction of sp³-hybridized carbons (Fsp3) is 0.296. The van der Waals surface area contributed by atoms with E-state index in [0.717, 1.165) is 46.6 Å². The maximum absolute atomic E-state index is 13.5. The predicted octanol–water partition coefficient (Wildman–Crippen LogP) is 5.49. The van der Waals surface area contributed by atoms with Crippen LogP contribution in [0.25, 0.3) is 26.3 Å². The summed E-state index contributed by atoms with van der Waals surface area (Å²) in [7, 11) is -2.45. The van der Waals surface area contributed by atoms with E-state index < -0.39 is 27.5 Å². The first kappa shape index (κ1) is 26.7. The number of nitrogens with one attached hydrogen (secondary N) is 1. The number of aromatic carboxylic acids is 1. The summed E-state index contributed by atoms with van der Waals surface area (Å²) in [6.45, 7) is 0. The Balaban J connectivity index is 1.32. The lowest BCUT2D eigenvalue weighted by Gasteiger charge is -2.23. The van der Waals surface area contributed by atoms with E-state index in [9.17, 15) is 23.1 Å². The number of carboxylic acids is 1. The van der Waals surface area contributed by atoms with Gasteiger partial charge in [-0.15, -0.1) is 22.7 Å². The highest BCUT2D eigenvalue weighted by atomic mass is 35.5. The van der Waals surface area contributed by atoms with E-state index in [4.69, 9.17) is 16.3 Å². The maximum atomic E-state index is 13.5. The summed E-state index contributed by atoms with van der Waals surface area (Å²) in [6, 6.07) is 5.07. The number of hydrogen-bond acceptors (Lipinski definition) is 8. The second-order valence-corrected chi connectivity index (χ2v) is 14.2. The fourth-order valence-corrected chi connectivity index (χ4v) is 9.63. The van der Waals surface area contributed by atoms with Gasteiger partial charge in [0.05, 0.1) is 18.0 Å². The van der Waals surface area contributed by atoms with Crippen LogP contribution in [0.3, 0.4) is 0 Å². The summed E-state index contributed by atoms with van der Waals surface area (Å²) >= 11 is 9.11. The first-order valence-electron chi connectivity index (χ1n) is 12.9. The summed E-state index contributed by atoms with van der Waals surface area (Å²) in [5.41, 5.74) is 1.41. The number of carboxylic acid groups (broad SMARTS) is 1. The topological polar surface area (TPSA) is 132 Å². The first-order valence-corrected chi connectivity index (χ1v) is 16.5. The molecule has 1 unspecified atom stereocenters. The van der Waals surface area contributed by atoms with Crippen molar-refractivity contribution in [2.75, 3.05) is 7.11 Å². The molecule has 5 aromatic rings. The number of sulfonamides is 1. The average Bonchev–Trinajstić information content (AvgIpc) is 3.37. The largest absolute Gasteiger partial charge is 0.494 e. The van der Waals surface area contributed by atoms with Crippen LogP contribution in [0.15, 0.2) is 45.8 Å². The van der Waals surface area contributed by atoms with Crippen molar-refractivity contribution >= 4 is 66.1 Å². The zero-order chi connectivity index (χ0) is 28.6. The smallest absolute Gasteiger partial charge is 0.341 e. The lowest BCUT2D eigenvalue weighted by atomic mass is 9.94. The summed E-state index contributed by atoms with van der Waals surface area (Å²) in [5.74, 6) is -0.768. The summed E-state index contributed by atoms with van der Waals surface area (Å²) in [5, 5.41) is 11.5. The zero-order valence-corrected chi connectivity index (χ0v) is 24.8. The lowest BCUT2D eigenvalue weighted by molar-refractivity contribution is 0.0694. The average molecular weight is 631 g/mol. The standard InChI is InChI=1S/C27H23ClN4O6S3/c1-38-23-14(7-8-15-21(23)32(13-5-6-13)12-17(22(15)33)26(34)35)20-11-16-18(3-2-4-19(16)40-20)30-41(36,37)25-24(28)29-27-31(25)9-10-39-27/h7-13,18,30H,2-6H2,1H3,(H,34,35). The van der Waals surface area contributed by atoms with Gasteiger partial charge in [0.2, 0.25) is 5.43 Å². The Kier molecular flexibility index (Phi) is 6.28. The van der Waals surface area contributed by atoms with Crippen molar-refractivity contribution in [3.8, 4) is 16.2 Å². The van der Waals surface area contributed by atoms with Gasteiger partial charge in [-0.1, -0.05) is 11.6 Å². The van der Waals surface area contributed by atoms with E-state index >= 15 is 0 Å². The number of thiazole rings is 1. The molecule has 1 atom stereocenters. The van der Waals surface area contributed by atoms with Crippen LogP contribution in [0, 0.1) is 0 Å². The van der Waals surface area contributed by atoms with E-state index in [-0.39, 0.29) is 21.8 Å². The molecule has 7 rings (SSSR count). The molecular weight excluding hydrogens is 608 g/mol. The number of rotatable bonds is 7. The van der Waals surface area contributed by atoms with Crippen molar-refractivity contribution in [2.45, 2.75) is 49.2 Å². The molecule has 14 heteroatoms. The molecule has 1 aromatic carbocycles. The van der Waals surface area contributed by atoms with Gasteiger partial charge in [0.15, 0.2) is 20.9 Å². The van der Waals surface area contributed by atoms with Crippen LogP contribution >= 0.6 is 34.3 Å². The third-order valence-electron chi connectivity index (χ3n) is 7.63. The summed E-state index contributed by atoms with van der Waals surface area (Å²) in [6.07, 6.45) is 7.08. The molecule has 10 nitrogen and oxygen atoms in total. The molecule has 0 amide bonds. The molecule has 1 saturated carbocycles. The normalized spacial score (nSPS) is 17.3. The number of imidazole rings is 1. The molecule has 4 heterocycles. The molecule has 0 spiro atoms. The molecule has 2 aliphatic rings. The minimum atomic E-state index is -3.99. The van der Waals surface area contributed by atoms with Crippen LogP contribution in [0.4, 0.5) is 0 Å². The Morgan fingerprint density at radius 2 is 2.07 bits per heavy atom. The Labute approximate surface area is 246 Å². The fourth-order valence-electron chi connectivity index (χ4n) is 5.64. The third kappa shape index (κ3) is 4.29. The molecule has 0 radical (unpaired) electrons. The molecule has 0 saturated heterocycles. The van der Waals surface area contributed by atoms with Gasteiger partial charge in [0, 0.05) is 45.2 Å². The second-order valence-electron chi connectivity index (χ2n) is 10.2. The number of fused-ring (bicyclic) bond motifs is 3. The highest BCUT2D eigenvalue weighted by molar-refractivity contribution is 7.89. The number of hydrogen-bond donors (Lipinski definition) is 2. The maximum Gasteiger partial charge on any atom is 0.341 e. The number of halogens is 1. The molecule has 2 N–H and O–H groups in total. The highest BCUT2D eigenvalue weighted by Crippen LogP contribution is 2.46. The number of carbonyl (C=O) groups is 1. The van der Waals surface area contributed by atoms with Gasteiger partial charge >= 0.3 is 5.97 Å². The summed E-state index contributed by atoms with van der Waals surface area (Å²) in [4.78, 5) is 31.5. The van der Waals surface area contributed by atoms with E-state index in [1.807, 2.05) is 10.6 Å². The molecule has 1 fully saturated rings. The van der Waals surface area contributed by atoms with E-state index in [1.165, 1.54) is 29.0 Å². The van der Waals surface area contributed by atoms with E-state index in [0.29, 0.717) is 28.0 Å². The van der Waals surface area contributed by atoms with Crippen molar-refractivity contribution in [1.29, 1.82) is 0 Å². The van der Waals surface area contributed by atoms with Crippen molar-refractivity contribution in [3.63, 3.8) is 0 Å². The van der Waals surface area contributed by atoms with Crippen LogP contribution in [-0.2, 0) is 16.4 Å². The monoisotopic (exact) mass is 630 g/mol. The Bertz CT molecular complexity index is 2050. The predicted molar refractivity (Wildman–Crippen MR) is 157 cm³/mol. The van der Waals surface area contributed by atoms with Crippen molar-refractivity contribution in [1.82, 2.24) is 18.7 Å². The first-order chi connectivity index (χ1) is 19.7. The van der Waals surface area contributed by atoms with Crippen molar-refractivity contribution in [3.05, 3.63) is 67.4 Å². The SMILES string of the molecule is COc1c(-c2cc3c(s2)CCCC3NS(=O)(=O)c2c(Cl)nc3sccn23)ccc2c(=O)c(C(=O)O)cn(C3CC3)c12. The Hall–Kier alpha value is -3.23. The number of benzene rings is 1. The van der Waals surface area contributed by atoms with Crippen molar-refractivity contribution in [2.24, 2.45) is 0 Å². The number of ether oxygens (including phenoxy) is 1. The van der Waals surface area contributed by atoms with E-state index in [1.54, 1.807) is 35.0 Å². The van der Waals surface area contributed by atoms with Gasteiger partial charge in [-0.3, -0.25) is 9.20 Å². The molecule has 0 bridgehead atoms. The van der Waals surface area contributed by atoms with Crippen molar-refractivity contribution < 1.29 is 23.1 Å². The van der Waals surface area contributed by atoms with Gasteiger partial charge in [-0.25, -0.2) is 22.9 Å². The molecule has 41 heavy (non-hydrogen) atoms. The highest BCUT2D eigenvalue weighted by Gasteiger charge is 2.33. The second kappa shape index (κ2) is 9.66. The van der Waals surface area contributed by atoms with Gasteiger partial charge in [-0.05, 0) is 55.9 Å². The van der Waals surface area contributed by atoms with Gasteiger partial charge in [0.1, 0.15) is 5.56 Å². The number of aryl methyl sites for hydroxylation is 1. The van der Waals surface area contributed by atoms with Gasteiger partial charge in [-0.2, -0.15) is 0 Å². The van der Waals surface area contributed by atoms with Crippen LogP contribution in [0.2, 0.25) is 5.15 Å². The third-order valence-corrected chi connectivity index (χ3v) is 11.5. The summed E-state index contributed by atoms with van der Waals surface area (Å²) < 4.78 is 39.1. The van der Waals surface area contributed by atoms with Crippen LogP contribution in [0.5, 0.6) is 5.75 Å². The Morgan fingerprint density at radius 3 is 2.80 bits per heavy atom. The number of aromatic nitrogens is 3. The van der Waals surface area contributed by atoms with Crippen LogP contribution in [0.1, 0.15) is 58.6 Å². The number of nitrogens with zero attached hydrogens (tertiary/aromatic N) is 3. The number of thiophene rings is 1. The van der Waals surface area contributed by atoms with Gasteiger partial charge in [0.25, 0.3) is 10.0 Å². The number of methoxy groups -OCH3 is 1. The Morgan fingerprint density at radius 1 is 1.27 bits per heavy atom.